The fourth-order valence-electron chi connectivity index (χ4n) is 2.39. The van der Waals surface area contributed by atoms with E-state index in [0.29, 0.717) is 0 Å². The largest absolute Gasteiger partial charge is 0.321 e. The van der Waals surface area contributed by atoms with Gasteiger partial charge in [-0.3, -0.25) is 0 Å². The molecule has 2 rings (SSSR count). The van der Waals surface area contributed by atoms with E-state index in [-0.39, 0.29) is 0 Å². The second kappa shape index (κ2) is 8.51. The van der Waals surface area contributed by atoms with Crippen molar-refractivity contribution in [3.63, 3.8) is 0 Å². The van der Waals surface area contributed by atoms with Crippen molar-refractivity contribution < 1.29 is 0 Å². The summed E-state index contributed by atoms with van der Waals surface area (Å²) in [4.78, 5) is 8.26. The minimum absolute atomic E-state index is 0.744. The highest BCUT2D eigenvalue weighted by molar-refractivity contribution is 7.07. The lowest BCUT2D eigenvalue weighted by Crippen LogP contribution is -2.26. The second-order valence-corrected chi connectivity index (χ2v) is 6.55. The summed E-state index contributed by atoms with van der Waals surface area (Å²) < 4.78 is 2.31. The van der Waals surface area contributed by atoms with Crippen molar-refractivity contribution in [1.29, 1.82) is 0 Å². The van der Waals surface area contributed by atoms with Gasteiger partial charge in [0.1, 0.15) is 0 Å². The number of hydrogen-bond acceptors (Lipinski definition) is 3. The van der Waals surface area contributed by atoms with Crippen LogP contribution >= 0.6 is 22.9 Å². The summed E-state index contributed by atoms with van der Waals surface area (Å²) in [6.45, 7) is 11.0. The van der Waals surface area contributed by atoms with E-state index in [1.165, 1.54) is 5.69 Å². The van der Waals surface area contributed by atoms with Crippen LogP contribution in [-0.4, -0.2) is 29.1 Å². The van der Waals surface area contributed by atoms with Gasteiger partial charge < -0.3 is 9.47 Å². The first-order chi connectivity index (χ1) is 10.6. The zero-order chi connectivity index (χ0) is 15.9. The van der Waals surface area contributed by atoms with Crippen LogP contribution in [0.4, 0.5) is 5.69 Å². The Morgan fingerprint density at radius 1 is 1.18 bits per heavy atom. The van der Waals surface area contributed by atoms with E-state index in [9.17, 15) is 0 Å². The third-order valence-electron chi connectivity index (χ3n) is 3.79. The van der Waals surface area contributed by atoms with E-state index in [0.717, 1.165) is 48.1 Å². The van der Waals surface area contributed by atoms with Crippen molar-refractivity contribution in [2.75, 3.05) is 19.6 Å². The maximum atomic E-state index is 5.93. The maximum Gasteiger partial charge on any atom is 0.190 e. The van der Waals surface area contributed by atoms with E-state index < -0.39 is 0 Å². The molecule has 1 heterocycles. The monoisotopic (exact) mass is 337 g/mol. The average Bonchev–Trinajstić information content (AvgIpc) is 2.87. The van der Waals surface area contributed by atoms with Crippen molar-refractivity contribution in [3.05, 3.63) is 45.2 Å². The summed E-state index contributed by atoms with van der Waals surface area (Å²) in [7, 11) is 0. The van der Waals surface area contributed by atoms with Crippen LogP contribution in [0.3, 0.4) is 0 Å². The number of halogens is 1. The first-order valence-electron chi connectivity index (χ1n) is 7.81. The lowest BCUT2D eigenvalue weighted by atomic mass is 10.3. The van der Waals surface area contributed by atoms with Crippen LogP contribution < -0.4 is 4.80 Å². The third kappa shape index (κ3) is 4.70. The second-order valence-electron chi connectivity index (χ2n) is 5.28. The van der Waals surface area contributed by atoms with Crippen molar-refractivity contribution in [1.82, 2.24) is 9.47 Å². The van der Waals surface area contributed by atoms with Crippen molar-refractivity contribution in [2.45, 2.75) is 33.7 Å². The quantitative estimate of drug-likeness (QED) is 0.729. The molecule has 0 aliphatic heterocycles. The molecule has 0 aliphatic carbocycles. The summed E-state index contributed by atoms with van der Waals surface area (Å²) >= 11 is 7.62. The molecular weight excluding hydrogens is 314 g/mol. The van der Waals surface area contributed by atoms with E-state index in [1.807, 2.05) is 24.3 Å². The van der Waals surface area contributed by atoms with Crippen LogP contribution in [0, 0.1) is 6.92 Å². The summed E-state index contributed by atoms with van der Waals surface area (Å²) in [5.74, 6) is 0. The van der Waals surface area contributed by atoms with Crippen LogP contribution in [0.1, 0.15) is 26.0 Å². The summed E-state index contributed by atoms with van der Waals surface area (Å²) in [5, 5.41) is 2.92. The van der Waals surface area contributed by atoms with Gasteiger partial charge in [0, 0.05) is 22.6 Å². The highest BCUT2D eigenvalue weighted by Crippen LogP contribution is 2.16. The fourth-order valence-corrected chi connectivity index (χ4v) is 3.44. The molecule has 0 unspecified atom stereocenters. The molecule has 0 saturated heterocycles. The molecule has 3 nitrogen and oxygen atoms in total. The summed E-state index contributed by atoms with van der Waals surface area (Å²) in [6.07, 6.45) is 1.15. The van der Waals surface area contributed by atoms with E-state index >= 15 is 0 Å². The van der Waals surface area contributed by atoms with Gasteiger partial charge in [0.05, 0.1) is 5.69 Å². The Labute approximate surface area is 141 Å². The first kappa shape index (κ1) is 17.3. The van der Waals surface area contributed by atoms with E-state index in [4.69, 9.17) is 16.6 Å². The smallest absolute Gasteiger partial charge is 0.190 e. The van der Waals surface area contributed by atoms with Gasteiger partial charge in [0.25, 0.3) is 0 Å². The number of hydrogen-bond donors (Lipinski definition) is 0. The summed E-state index contributed by atoms with van der Waals surface area (Å²) in [6, 6.07) is 7.67. The average molecular weight is 338 g/mol. The Bertz CT molecular complexity index is 639. The first-order valence-corrected chi connectivity index (χ1v) is 9.07. The minimum atomic E-state index is 0.744. The van der Waals surface area contributed by atoms with Gasteiger partial charge in [-0.15, -0.1) is 11.3 Å². The molecule has 0 spiro atoms. The zero-order valence-corrected chi connectivity index (χ0v) is 15.1. The lowest BCUT2D eigenvalue weighted by molar-refractivity contribution is 0.292. The van der Waals surface area contributed by atoms with Gasteiger partial charge in [0.2, 0.25) is 0 Å². The number of nitrogens with zero attached hydrogens (tertiary/aromatic N) is 3. The molecule has 0 aliphatic rings. The van der Waals surface area contributed by atoms with Crippen LogP contribution in [0.2, 0.25) is 5.02 Å². The van der Waals surface area contributed by atoms with Crippen molar-refractivity contribution in [2.24, 2.45) is 4.99 Å². The Balaban J connectivity index is 2.12. The van der Waals surface area contributed by atoms with Gasteiger partial charge in [-0.05, 0) is 57.2 Å². The molecule has 120 valence electrons. The normalized spacial score (nSPS) is 12.3. The summed E-state index contributed by atoms with van der Waals surface area (Å²) in [5.41, 5.74) is 2.22. The Kier molecular flexibility index (Phi) is 6.68. The molecule has 0 amide bonds. The van der Waals surface area contributed by atoms with Gasteiger partial charge in [-0.25, -0.2) is 4.99 Å². The maximum absolute atomic E-state index is 5.93. The van der Waals surface area contributed by atoms with Gasteiger partial charge >= 0.3 is 0 Å². The van der Waals surface area contributed by atoms with E-state index in [2.05, 4.69) is 35.6 Å². The Morgan fingerprint density at radius 2 is 1.86 bits per heavy atom. The molecule has 0 saturated carbocycles. The van der Waals surface area contributed by atoms with Crippen LogP contribution in [0.15, 0.2) is 34.6 Å². The highest BCUT2D eigenvalue weighted by atomic mass is 35.5. The molecule has 2 aromatic rings. The Morgan fingerprint density at radius 3 is 2.50 bits per heavy atom. The zero-order valence-electron chi connectivity index (χ0n) is 13.6. The molecule has 1 aromatic carbocycles. The molecule has 1 aromatic heterocycles. The Hall–Kier alpha value is -1.10. The van der Waals surface area contributed by atoms with Gasteiger partial charge in [-0.2, -0.15) is 0 Å². The number of rotatable bonds is 7. The number of aryl methyl sites for hydroxylation is 1. The SMILES string of the molecule is CCN(CC)CCCn1c(C)csc1=Nc1ccc(Cl)cc1. The molecule has 0 fully saturated rings. The van der Waals surface area contributed by atoms with Gasteiger partial charge in [-0.1, -0.05) is 25.4 Å². The number of aromatic nitrogens is 1. The van der Waals surface area contributed by atoms with Crippen molar-refractivity contribution in [3.8, 4) is 0 Å². The molecule has 0 N–H and O–H groups in total. The number of benzene rings is 1. The molecule has 22 heavy (non-hydrogen) atoms. The molecule has 5 heteroatoms. The van der Waals surface area contributed by atoms with Crippen LogP contribution in [0.25, 0.3) is 0 Å². The van der Waals surface area contributed by atoms with E-state index in [1.54, 1.807) is 11.3 Å². The standard InChI is InChI=1S/C17H24ClN3S/c1-4-20(5-2)11-6-12-21-14(3)13-22-17(21)19-16-9-7-15(18)8-10-16/h7-10,13H,4-6,11-12H2,1-3H3. The van der Waals surface area contributed by atoms with Crippen molar-refractivity contribution >= 4 is 28.6 Å². The number of thiazole rings is 1. The molecule has 0 atom stereocenters. The fraction of sp³-hybridized carbons (Fsp3) is 0.471. The topological polar surface area (TPSA) is 20.5 Å². The van der Waals surface area contributed by atoms with Crippen LogP contribution in [0.5, 0.6) is 0 Å². The molecule has 0 bridgehead atoms. The van der Waals surface area contributed by atoms with Crippen LogP contribution in [-0.2, 0) is 6.54 Å². The highest BCUT2D eigenvalue weighted by Gasteiger charge is 2.04. The molecular formula is C17H24ClN3S. The predicted molar refractivity (Wildman–Crippen MR) is 96.1 cm³/mol. The lowest BCUT2D eigenvalue weighted by Gasteiger charge is -2.18. The van der Waals surface area contributed by atoms with Gasteiger partial charge in [0.15, 0.2) is 4.80 Å². The minimum Gasteiger partial charge on any atom is -0.321 e. The third-order valence-corrected chi connectivity index (χ3v) is 5.03. The predicted octanol–water partition coefficient (Wildman–Crippen LogP) is 4.48. The molecule has 0 radical (unpaired) electrons.